The molecule has 304 valence electrons. The lowest BCUT2D eigenvalue weighted by molar-refractivity contribution is 1.58. The first-order valence-electron chi connectivity index (χ1n) is 23.0. The normalized spacial score (nSPS) is 11.9. The third kappa shape index (κ3) is 5.59. The maximum Gasteiger partial charge on any atom is -0.00201 e. The van der Waals surface area contributed by atoms with Gasteiger partial charge in [-0.15, -0.1) is 0 Å². The smallest absolute Gasteiger partial charge is 0.00201 e. The van der Waals surface area contributed by atoms with Crippen LogP contribution >= 0.6 is 0 Å². The van der Waals surface area contributed by atoms with Crippen molar-refractivity contribution in [1.82, 2.24) is 0 Å². The lowest BCUT2D eigenvalue weighted by Crippen LogP contribution is -1.91. The van der Waals surface area contributed by atoms with Crippen LogP contribution in [0.4, 0.5) is 0 Å². The van der Waals surface area contributed by atoms with Gasteiger partial charge in [0, 0.05) is 0 Å². The third-order valence-corrected chi connectivity index (χ3v) is 14.3. The molecule has 2 aliphatic rings. The highest BCUT2D eigenvalue weighted by atomic mass is 14.3. The summed E-state index contributed by atoms with van der Waals surface area (Å²) in [5.41, 5.74) is 25.2. The van der Waals surface area contributed by atoms with Crippen LogP contribution in [0.5, 0.6) is 0 Å². The van der Waals surface area contributed by atoms with Gasteiger partial charge in [0.2, 0.25) is 0 Å². The number of benzene rings is 12. The molecule has 0 fully saturated rings. The third-order valence-electron chi connectivity index (χ3n) is 14.3. The predicted molar refractivity (Wildman–Crippen MR) is 280 cm³/mol. The zero-order chi connectivity index (χ0) is 43.3. The highest BCUT2D eigenvalue weighted by Gasteiger charge is 2.24. The first-order chi connectivity index (χ1) is 32.7. The van der Waals surface area contributed by atoms with Gasteiger partial charge in [-0.05, 0) is 180 Å². The SMILES string of the molecule is c1ccc(-c2cc(-c3cccc(-c4ccc5c6c(cccc46)-c4ccccc4-5)c3)cc3c(-c4ccccc4)cc(-c4cccc(-c5ccc6c7c(cccc57)-c5ccccc5-6)c4)cc23)cc1. The Morgan fingerprint density at radius 3 is 0.879 bits per heavy atom. The van der Waals surface area contributed by atoms with Crippen molar-refractivity contribution >= 4 is 32.3 Å². The van der Waals surface area contributed by atoms with Crippen LogP contribution in [0.15, 0.2) is 243 Å². The van der Waals surface area contributed by atoms with Crippen LogP contribution in [0.2, 0.25) is 0 Å². The number of rotatable bonds is 6. The summed E-state index contributed by atoms with van der Waals surface area (Å²) in [5.74, 6) is 0. The fourth-order valence-corrected chi connectivity index (χ4v) is 11.4. The van der Waals surface area contributed by atoms with Crippen molar-refractivity contribution in [3.05, 3.63) is 243 Å². The fourth-order valence-electron chi connectivity index (χ4n) is 11.4. The molecule has 66 heavy (non-hydrogen) atoms. The van der Waals surface area contributed by atoms with Crippen molar-refractivity contribution < 1.29 is 0 Å². The molecule has 0 nitrogen and oxygen atoms in total. The van der Waals surface area contributed by atoms with E-state index < -0.39 is 0 Å². The van der Waals surface area contributed by atoms with E-state index >= 15 is 0 Å². The molecule has 12 aromatic rings. The molecule has 0 aliphatic heterocycles. The molecule has 0 aromatic heterocycles. The molecule has 0 heterocycles. The molecule has 0 unspecified atom stereocenters. The van der Waals surface area contributed by atoms with E-state index in [1.54, 1.807) is 0 Å². The van der Waals surface area contributed by atoms with Gasteiger partial charge in [-0.3, -0.25) is 0 Å². The van der Waals surface area contributed by atoms with E-state index in [0.29, 0.717) is 0 Å². The number of hydrogen-bond donors (Lipinski definition) is 0. The van der Waals surface area contributed by atoms with Gasteiger partial charge in [0.1, 0.15) is 0 Å². The summed E-state index contributed by atoms with van der Waals surface area (Å²) in [6, 6.07) is 90.4. The molecule has 2 aliphatic carbocycles. The minimum Gasteiger partial charge on any atom is -0.0622 e. The molecular formula is C66H40. The molecular weight excluding hydrogens is 793 g/mol. The highest BCUT2D eigenvalue weighted by Crippen LogP contribution is 2.51. The van der Waals surface area contributed by atoms with Gasteiger partial charge in [-0.25, -0.2) is 0 Å². The molecule has 0 N–H and O–H groups in total. The van der Waals surface area contributed by atoms with Crippen LogP contribution in [-0.2, 0) is 0 Å². The van der Waals surface area contributed by atoms with E-state index in [9.17, 15) is 0 Å². The lowest BCUT2D eigenvalue weighted by Gasteiger charge is -2.18. The van der Waals surface area contributed by atoms with Gasteiger partial charge in [-0.2, -0.15) is 0 Å². The Morgan fingerprint density at radius 1 is 0.136 bits per heavy atom. The summed E-state index contributed by atoms with van der Waals surface area (Å²) in [7, 11) is 0. The Balaban J connectivity index is 0.943. The molecule has 0 spiro atoms. The Hall–Kier alpha value is -8.58. The summed E-state index contributed by atoms with van der Waals surface area (Å²) in [6.07, 6.45) is 0. The van der Waals surface area contributed by atoms with Gasteiger partial charge in [-0.1, -0.05) is 206 Å². The molecule has 0 saturated heterocycles. The minimum absolute atomic E-state index is 1.20. The van der Waals surface area contributed by atoms with Crippen molar-refractivity contribution in [2.45, 2.75) is 0 Å². The van der Waals surface area contributed by atoms with Gasteiger partial charge in [0.25, 0.3) is 0 Å². The van der Waals surface area contributed by atoms with E-state index in [4.69, 9.17) is 0 Å². The summed E-state index contributed by atoms with van der Waals surface area (Å²) in [6.45, 7) is 0. The molecule has 0 radical (unpaired) electrons. The van der Waals surface area contributed by atoms with Gasteiger partial charge in [0.15, 0.2) is 0 Å². The first kappa shape index (κ1) is 36.9. The average molecular weight is 833 g/mol. The van der Waals surface area contributed by atoms with Gasteiger partial charge < -0.3 is 0 Å². The second kappa shape index (κ2) is 14.5. The molecule has 12 aromatic carbocycles. The zero-order valence-corrected chi connectivity index (χ0v) is 36.1. The summed E-state index contributed by atoms with van der Waals surface area (Å²) < 4.78 is 0. The van der Waals surface area contributed by atoms with Crippen LogP contribution < -0.4 is 0 Å². The van der Waals surface area contributed by atoms with Gasteiger partial charge in [0.05, 0.1) is 0 Å². The molecule has 0 atom stereocenters. The summed E-state index contributed by atoms with van der Waals surface area (Å²) in [4.78, 5) is 0. The molecule has 0 heteroatoms. The fraction of sp³-hybridized carbons (Fsp3) is 0. The van der Waals surface area contributed by atoms with Crippen molar-refractivity contribution in [3.8, 4) is 111 Å². The highest BCUT2D eigenvalue weighted by molar-refractivity contribution is 6.20. The topological polar surface area (TPSA) is 0 Å². The Morgan fingerprint density at radius 2 is 0.455 bits per heavy atom. The first-order valence-corrected chi connectivity index (χ1v) is 23.0. The maximum atomic E-state index is 2.43. The summed E-state index contributed by atoms with van der Waals surface area (Å²) in [5, 5.41) is 7.76. The number of hydrogen-bond acceptors (Lipinski definition) is 0. The van der Waals surface area contributed by atoms with Crippen molar-refractivity contribution in [2.24, 2.45) is 0 Å². The van der Waals surface area contributed by atoms with Crippen molar-refractivity contribution in [3.63, 3.8) is 0 Å². The minimum atomic E-state index is 1.20. The van der Waals surface area contributed by atoms with E-state index in [2.05, 4.69) is 243 Å². The average Bonchev–Trinajstić information content (AvgIpc) is 3.90. The number of fused-ring (bicyclic) bond motifs is 7. The van der Waals surface area contributed by atoms with Crippen LogP contribution in [-0.4, -0.2) is 0 Å². The molecule has 0 bridgehead atoms. The zero-order valence-electron chi connectivity index (χ0n) is 36.1. The lowest BCUT2D eigenvalue weighted by atomic mass is 9.86. The second-order valence-electron chi connectivity index (χ2n) is 17.9. The molecule has 0 amide bonds. The van der Waals surface area contributed by atoms with Gasteiger partial charge >= 0.3 is 0 Å². The van der Waals surface area contributed by atoms with Crippen molar-refractivity contribution in [1.29, 1.82) is 0 Å². The predicted octanol–water partition coefficient (Wildman–Crippen LogP) is 18.4. The Labute approximate surface area is 384 Å². The summed E-state index contributed by atoms with van der Waals surface area (Å²) >= 11 is 0. The van der Waals surface area contributed by atoms with Crippen LogP contribution in [0, 0.1) is 0 Å². The standard InChI is InChI=1S/C66H40/c1-3-15-41(16-4-1)61-37-47(43-19-11-21-45(35-43)49-31-33-59-53-25-9-7-23-51(53)57-29-13-27-55(49)65(57)59)40-64-62(42-17-5-2-6-18-42)38-48(39-63(61)64)44-20-12-22-46(36-44)50-32-34-60-54-26-10-8-24-52(54)58-30-14-28-56(50)66(58)60/h1-40H. The second-order valence-corrected chi connectivity index (χ2v) is 17.9. The van der Waals surface area contributed by atoms with E-state index in [1.807, 2.05) is 0 Å². The van der Waals surface area contributed by atoms with Crippen LogP contribution in [0.1, 0.15) is 0 Å². The quantitative estimate of drug-likeness (QED) is 0.157. The van der Waals surface area contributed by atoms with E-state index in [0.717, 1.165) is 0 Å². The monoisotopic (exact) mass is 832 g/mol. The Kier molecular flexibility index (Phi) is 8.08. The maximum absolute atomic E-state index is 2.43. The van der Waals surface area contributed by atoms with Crippen LogP contribution in [0.3, 0.4) is 0 Å². The molecule has 0 saturated carbocycles. The van der Waals surface area contributed by atoms with Crippen molar-refractivity contribution in [2.75, 3.05) is 0 Å². The molecule has 14 rings (SSSR count). The van der Waals surface area contributed by atoms with Crippen LogP contribution in [0.25, 0.3) is 144 Å². The van der Waals surface area contributed by atoms with E-state index in [-0.39, 0.29) is 0 Å². The van der Waals surface area contributed by atoms with E-state index in [1.165, 1.54) is 144 Å². The largest absolute Gasteiger partial charge is 0.0622 e. The Bertz CT molecular complexity index is 3650.